The van der Waals surface area contributed by atoms with Gasteiger partial charge in [0.1, 0.15) is 0 Å². The molecule has 0 amide bonds. The van der Waals surface area contributed by atoms with Gasteiger partial charge >= 0.3 is 0 Å². The van der Waals surface area contributed by atoms with Gasteiger partial charge in [0.25, 0.3) is 0 Å². The summed E-state index contributed by atoms with van der Waals surface area (Å²) in [6, 6.07) is 9.45. The molecule has 4 rings (SSSR count). The minimum atomic E-state index is -3.46. The van der Waals surface area contributed by atoms with E-state index in [9.17, 15) is 8.42 Å². The molecule has 0 saturated carbocycles. The molecular formula is C19H22N2O2S. The van der Waals surface area contributed by atoms with Crippen LogP contribution in [-0.2, 0) is 22.9 Å². The zero-order valence-electron chi connectivity index (χ0n) is 13.7. The van der Waals surface area contributed by atoms with Gasteiger partial charge in [-0.15, -0.1) is 0 Å². The van der Waals surface area contributed by atoms with Gasteiger partial charge in [-0.1, -0.05) is 12.1 Å². The second-order valence-electron chi connectivity index (χ2n) is 6.70. The zero-order valence-corrected chi connectivity index (χ0v) is 14.5. The van der Waals surface area contributed by atoms with Gasteiger partial charge in [0.05, 0.1) is 10.9 Å². The van der Waals surface area contributed by atoms with E-state index in [1.54, 1.807) is 22.8 Å². The molecule has 1 atom stereocenters. The Morgan fingerprint density at radius 2 is 1.88 bits per heavy atom. The van der Waals surface area contributed by atoms with Crippen LogP contribution in [-0.4, -0.2) is 24.3 Å². The van der Waals surface area contributed by atoms with Gasteiger partial charge in [-0.2, -0.15) is 4.31 Å². The fourth-order valence-corrected chi connectivity index (χ4v) is 5.67. The average molecular weight is 342 g/mol. The molecule has 1 aromatic carbocycles. The Hall–Kier alpha value is -1.72. The topological polar surface area (TPSA) is 50.3 Å². The molecule has 0 radical (unpaired) electrons. The lowest BCUT2D eigenvalue weighted by molar-refractivity contribution is 0.396. The quantitative estimate of drug-likeness (QED) is 0.858. The monoisotopic (exact) mass is 342 g/mol. The fraction of sp³-hybridized carbons (Fsp3) is 0.421. The van der Waals surface area contributed by atoms with Crippen molar-refractivity contribution in [3.8, 4) is 0 Å². The number of aromatic nitrogens is 1. The number of aryl methyl sites for hydroxylation is 2. The summed E-state index contributed by atoms with van der Waals surface area (Å²) >= 11 is 0. The molecule has 126 valence electrons. The summed E-state index contributed by atoms with van der Waals surface area (Å²) in [4.78, 5) is 4.60. The number of rotatable bonds is 3. The van der Waals surface area contributed by atoms with Crippen LogP contribution in [0.4, 0.5) is 0 Å². The first kappa shape index (κ1) is 15.8. The highest BCUT2D eigenvalue weighted by molar-refractivity contribution is 7.89. The molecule has 1 unspecified atom stereocenters. The van der Waals surface area contributed by atoms with Crippen molar-refractivity contribution in [3.05, 3.63) is 59.4 Å². The van der Waals surface area contributed by atoms with Gasteiger partial charge in [0.2, 0.25) is 10.0 Å². The van der Waals surface area contributed by atoms with Gasteiger partial charge in [-0.3, -0.25) is 4.98 Å². The first-order valence-electron chi connectivity index (χ1n) is 8.70. The highest BCUT2D eigenvalue weighted by Crippen LogP contribution is 2.37. The molecule has 2 heterocycles. The van der Waals surface area contributed by atoms with E-state index in [-0.39, 0.29) is 6.04 Å². The predicted molar refractivity (Wildman–Crippen MR) is 93.2 cm³/mol. The Kier molecular flexibility index (Phi) is 4.14. The minimum Gasteiger partial charge on any atom is -0.264 e. The van der Waals surface area contributed by atoms with E-state index in [1.807, 2.05) is 24.3 Å². The van der Waals surface area contributed by atoms with E-state index in [4.69, 9.17) is 0 Å². The third kappa shape index (κ3) is 2.76. The second-order valence-corrected chi connectivity index (χ2v) is 8.59. The molecule has 1 aromatic heterocycles. The zero-order chi connectivity index (χ0) is 16.6. The van der Waals surface area contributed by atoms with E-state index in [1.165, 1.54) is 17.5 Å². The largest absolute Gasteiger partial charge is 0.264 e. The van der Waals surface area contributed by atoms with Crippen molar-refractivity contribution in [1.29, 1.82) is 0 Å². The lowest BCUT2D eigenvalue weighted by Gasteiger charge is -2.25. The first-order valence-corrected chi connectivity index (χ1v) is 10.1. The summed E-state index contributed by atoms with van der Waals surface area (Å²) in [5.41, 5.74) is 3.50. The average Bonchev–Trinajstić information content (AvgIpc) is 3.13. The van der Waals surface area contributed by atoms with Crippen LogP contribution in [0.25, 0.3) is 0 Å². The van der Waals surface area contributed by atoms with Crippen molar-refractivity contribution in [2.24, 2.45) is 0 Å². The Bertz CT molecular complexity index is 834. The molecule has 1 saturated heterocycles. The van der Waals surface area contributed by atoms with E-state index < -0.39 is 10.0 Å². The smallest absolute Gasteiger partial charge is 0.243 e. The summed E-state index contributed by atoms with van der Waals surface area (Å²) in [7, 11) is -3.46. The molecule has 24 heavy (non-hydrogen) atoms. The van der Waals surface area contributed by atoms with Gasteiger partial charge in [-0.05, 0) is 73.4 Å². The number of hydrogen-bond donors (Lipinski definition) is 0. The summed E-state index contributed by atoms with van der Waals surface area (Å²) in [5.74, 6) is 0. The highest BCUT2D eigenvalue weighted by Gasteiger charge is 2.36. The molecule has 2 aliphatic rings. The molecule has 0 bridgehead atoms. The van der Waals surface area contributed by atoms with E-state index >= 15 is 0 Å². The molecule has 0 spiro atoms. The number of nitrogens with zero attached hydrogens (tertiary/aromatic N) is 2. The SMILES string of the molecule is O=S(=O)(c1ccc2c(c1)CCCC2)N1CCCC1c1cccnc1. The van der Waals surface area contributed by atoms with Gasteiger partial charge in [-0.25, -0.2) is 8.42 Å². The molecule has 4 nitrogen and oxygen atoms in total. The lowest BCUT2D eigenvalue weighted by atomic mass is 9.92. The summed E-state index contributed by atoms with van der Waals surface area (Å²) in [6.45, 7) is 0.582. The van der Waals surface area contributed by atoms with Crippen LogP contribution in [0.1, 0.15) is 48.4 Å². The van der Waals surface area contributed by atoms with Crippen LogP contribution in [0, 0.1) is 0 Å². The number of pyridine rings is 1. The van der Waals surface area contributed by atoms with Crippen LogP contribution in [0.3, 0.4) is 0 Å². The van der Waals surface area contributed by atoms with Crippen molar-refractivity contribution < 1.29 is 8.42 Å². The third-order valence-corrected chi connectivity index (χ3v) is 7.10. The van der Waals surface area contributed by atoms with E-state index in [0.29, 0.717) is 11.4 Å². The van der Waals surface area contributed by atoms with E-state index in [0.717, 1.165) is 37.7 Å². The van der Waals surface area contributed by atoms with Crippen LogP contribution in [0.2, 0.25) is 0 Å². The lowest BCUT2D eigenvalue weighted by Crippen LogP contribution is -2.31. The summed E-state index contributed by atoms with van der Waals surface area (Å²) in [6.07, 6.45) is 9.67. The number of benzene rings is 1. The molecule has 0 N–H and O–H groups in total. The summed E-state index contributed by atoms with van der Waals surface area (Å²) < 4.78 is 28.1. The minimum absolute atomic E-state index is 0.0975. The first-order chi connectivity index (χ1) is 11.7. The van der Waals surface area contributed by atoms with Crippen molar-refractivity contribution >= 4 is 10.0 Å². The van der Waals surface area contributed by atoms with Crippen molar-refractivity contribution in [1.82, 2.24) is 9.29 Å². The van der Waals surface area contributed by atoms with Crippen molar-refractivity contribution in [2.75, 3.05) is 6.54 Å². The Balaban J connectivity index is 1.69. The Morgan fingerprint density at radius 3 is 2.67 bits per heavy atom. The van der Waals surface area contributed by atoms with E-state index in [2.05, 4.69) is 4.98 Å². The van der Waals surface area contributed by atoms with Crippen molar-refractivity contribution in [2.45, 2.75) is 49.5 Å². The number of sulfonamides is 1. The van der Waals surface area contributed by atoms with Crippen LogP contribution in [0.5, 0.6) is 0 Å². The van der Waals surface area contributed by atoms with Crippen molar-refractivity contribution in [3.63, 3.8) is 0 Å². The fourth-order valence-electron chi connectivity index (χ4n) is 3.94. The molecule has 1 aliphatic heterocycles. The highest BCUT2D eigenvalue weighted by atomic mass is 32.2. The molecule has 5 heteroatoms. The summed E-state index contributed by atoms with van der Waals surface area (Å²) in [5, 5.41) is 0. The van der Waals surface area contributed by atoms with Crippen LogP contribution >= 0.6 is 0 Å². The van der Waals surface area contributed by atoms with Gasteiger partial charge in [0, 0.05) is 18.9 Å². The Morgan fingerprint density at radius 1 is 1.04 bits per heavy atom. The van der Waals surface area contributed by atoms with Gasteiger partial charge in [0.15, 0.2) is 0 Å². The Labute approximate surface area is 143 Å². The predicted octanol–water partition coefficient (Wildman–Crippen LogP) is 3.49. The maximum Gasteiger partial charge on any atom is 0.243 e. The molecular weight excluding hydrogens is 320 g/mol. The maximum absolute atomic E-state index is 13.2. The number of hydrogen-bond acceptors (Lipinski definition) is 3. The third-order valence-electron chi connectivity index (χ3n) is 5.20. The maximum atomic E-state index is 13.2. The molecule has 1 fully saturated rings. The van der Waals surface area contributed by atoms with Crippen LogP contribution in [0.15, 0.2) is 47.6 Å². The molecule has 2 aromatic rings. The second kappa shape index (κ2) is 6.30. The normalized spacial score (nSPS) is 21.6. The number of fused-ring (bicyclic) bond motifs is 1. The molecule has 1 aliphatic carbocycles. The standard InChI is InChI=1S/C19H22N2O2S/c22-24(23,18-10-9-15-5-1-2-6-16(15)13-18)21-12-4-8-19(21)17-7-3-11-20-14-17/h3,7,9-11,13-14,19H,1-2,4-6,8,12H2. The van der Waals surface area contributed by atoms with Gasteiger partial charge < -0.3 is 0 Å². The van der Waals surface area contributed by atoms with Crippen LogP contribution < -0.4 is 0 Å².